The van der Waals surface area contributed by atoms with Crippen LogP contribution in [0.3, 0.4) is 0 Å². The molecule has 1 amide bonds. The highest BCUT2D eigenvalue weighted by molar-refractivity contribution is 5.97. The fraction of sp³-hybridized carbons (Fsp3) is 0.167. The average Bonchev–Trinajstić information content (AvgIpc) is 2.65. The summed E-state index contributed by atoms with van der Waals surface area (Å²) in [5.74, 6) is -0.342. The Morgan fingerprint density at radius 2 is 2.12 bits per heavy atom. The molecule has 0 atom stereocenters. The van der Waals surface area contributed by atoms with E-state index < -0.39 is 0 Å². The van der Waals surface area contributed by atoms with E-state index in [1.807, 2.05) is 28.8 Å². The summed E-state index contributed by atoms with van der Waals surface area (Å²) in [5, 5.41) is 0.905. The van der Waals surface area contributed by atoms with Gasteiger partial charge in [-0.25, -0.2) is 0 Å². The maximum Gasteiger partial charge on any atom is 0.219 e. The molecule has 0 aliphatic rings. The van der Waals surface area contributed by atoms with Crippen molar-refractivity contribution in [3.63, 3.8) is 0 Å². The number of benzene rings is 1. The number of para-hydroxylation sites is 1. The van der Waals surface area contributed by atoms with Crippen molar-refractivity contribution in [1.29, 1.82) is 0 Å². The fourth-order valence-corrected chi connectivity index (χ4v) is 1.78. The predicted octanol–water partition coefficient (Wildman–Crippen LogP) is 1.33. The van der Waals surface area contributed by atoms with Crippen LogP contribution in [0.1, 0.15) is 16.8 Å². The molecule has 1 heterocycles. The Morgan fingerprint density at radius 1 is 1.38 bits per heavy atom. The number of aryl methyl sites for hydroxylation is 1. The first-order valence-corrected chi connectivity index (χ1v) is 5.03. The number of nitrogens with zero attached hydrogens (tertiary/aromatic N) is 1. The van der Waals surface area contributed by atoms with E-state index in [4.69, 9.17) is 5.73 Å². The fourth-order valence-electron chi connectivity index (χ4n) is 1.78. The summed E-state index contributed by atoms with van der Waals surface area (Å²) in [4.78, 5) is 21.6. The summed E-state index contributed by atoms with van der Waals surface area (Å²) >= 11 is 0. The third-order valence-electron chi connectivity index (χ3n) is 2.55. The summed E-state index contributed by atoms with van der Waals surface area (Å²) < 4.78 is 1.88. The van der Waals surface area contributed by atoms with Crippen LogP contribution in [0.5, 0.6) is 0 Å². The average molecular weight is 216 g/mol. The molecule has 1 aromatic heterocycles. The van der Waals surface area contributed by atoms with Gasteiger partial charge in [0.1, 0.15) is 0 Å². The maximum atomic E-state index is 10.9. The van der Waals surface area contributed by atoms with Gasteiger partial charge in [0.05, 0.1) is 0 Å². The molecule has 0 fully saturated rings. The van der Waals surface area contributed by atoms with Gasteiger partial charge in [-0.05, 0) is 6.07 Å². The molecule has 0 spiro atoms. The highest BCUT2D eigenvalue weighted by atomic mass is 16.1. The third-order valence-corrected chi connectivity index (χ3v) is 2.55. The number of primary amides is 1. The van der Waals surface area contributed by atoms with Crippen molar-refractivity contribution in [3.8, 4) is 0 Å². The van der Waals surface area contributed by atoms with Crippen molar-refractivity contribution in [2.45, 2.75) is 13.0 Å². The van der Waals surface area contributed by atoms with Crippen LogP contribution < -0.4 is 5.73 Å². The summed E-state index contributed by atoms with van der Waals surface area (Å²) in [5.41, 5.74) is 6.69. The number of aromatic nitrogens is 1. The zero-order chi connectivity index (χ0) is 11.5. The highest BCUT2D eigenvalue weighted by Crippen LogP contribution is 2.19. The topological polar surface area (TPSA) is 65.1 Å². The lowest BCUT2D eigenvalue weighted by molar-refractivity contribution is -0.118. The van der Waals surface area contributed by atoms with Crippen molar-refractivity contribution in [2.24, 2.45) is 5.73 Å². The minimum absolute atomic E-state index is 0.275. The molecule has 0 aliphatic carbocycles. The summed E-state index contributed by atoms with van der Waals surface area (Å²) in [7, 11) is 0. The molecule has 0 saturated heterocycles. The number of hydrogen-bond donors (Lipinski definition) is 1. The quantitative estimate of drug-likeness (QED) is 0.783. The minimum Gasteiger partial charge on any atom is -0.370 e. The molecule has 2 N–H and O–H groups in total. The Hall–Kier alpha value is -2.10. The smallest absolute Gasteiger partial charge is 0.219 e. The van der Waals surface area contributed by atoms with Gasteiger partial charge in [0.15, 0.2) is 6.29 Å². The highest BCUT2D eigenvalue weighted by Gasteiger charge is 2.07. The van der Waals surface area contributed by atoms with Crippen LogP contribution in [0.4, 0.5) is 0 Å². The summed E-state index contributed by atoms with van der Waals surface area (Å²) in [6, 6.07) is 7.59. The van der Waals surface area contributed by atoms with Gasteiger partial charge in [-0.3, -0.25) is 9.59 Å². The molecule has 4 nitrogen and oxygen atoms in total. The third kappa shape index (κ3) is 1.82. The number of fused-ring (bicyclic) bond motifs is 1. The molecule has 2 aromatic rings. The SMILES string of the molecule is NC(=O)CCn1cc(C=O)c2ccccc21. The van der Waals surface area contributed by atoms with Gasteiger partial charge in [0.25, 0.3) is 0 Å². The summed E-state index contributed by atoms with van der Waals surface area (Å²) in [6.45, 7) is 0.504. The molecular weight excluding hydrogens is 204 g/mol. The van der Waals surface area contributed by atoms with Gasteiger partial charge < -0.3 is 10.3 Å². The van der Waals surface area contributed by atoms with Crippen LogP contribution in [0.15, 0.2) is 30.5 Å². The van der Waals surface area contributed by atoms with Crippen LogP contribution in [0.2, 0.25) is 0 Å². The van der Waals surface area contributed by atoms with Crippen LogP contribution in [0, 0.1) is 0 Å². The molecular formula is C12H12N2O2. The minimum atomic E-state index is -0.342. The Balaban J connectivity index is 2.45. The number of nitrogens with two attached hydrogens (primary N) is 1. The molecule has 2 rings (SSSR count). The van der Waals surface area contributed by atoms with Crippen LogP contribution in [-0.2, 0) is 11.3 Å². The zero-order valence-electron chi connectivity index (χ0n) is 8.72. The molecule has 0 unspecified atom stereocenters. The van der Waals surface area contributed by atoms with Crippen molar-refractivity contribution in [3.05, 3.63) is 36.0 Å². The largest absolute Gasteiger partial charge is 0.370 e. The van der Waals surface area contributed by atoms with Crippen molar-refractivity contribution in [2.75, 3.05) is 0 Å². The lowest BCUT2D eigenvalue weighted by Gasteiger charge is -2.02. The number of carbonyl (C=O) groups excluding carboxylic acids is 2. The van der Waals surface area contributed by atoms with Gasteiger partial charge in [0, 0.05) is 35.6 Å². The van der Waals surface area contributed by atoms with Crippen LogP contribution in [-0.4, -0.2) is 16.8 Å². The van der Waals surface area contributed by atoms with E-state index >= 15 is 0 Å². The van der Waals surface area contributed by atoms with E-state index in [1.54, 1.807) is 6.20 Å². The van der Waals surface area contributed by atoms with E-state index in [0.29, 0.717) is 12.1 Å². The molecule has 16 heavy (non-hydrogen) atoms. The van der Waals surface area contributed by atoms with E-state index in [1.165, 1.54) is 0 Å². The standard InChI is InChI=1S/C12H12N2O2/c13-12(16)5-6-14-7-9(8-15)10-3-1-2-4-11(10)14/h1-4,7-8H,5-6H2,(H2,13,16). The van der Waals surface area contributed by atoms with Gasteiger partial charge in [0.2, 0.25) is 5.91 Å². The second kappa shape index (κ2) is 4.18. The Morgan fingerprint density at radius 3 is 2.81 bits per heavy atom. The van der Waals surface area contributed by atoms with Gasteiger partial charge >= 0.3 is 0 Å². The number of rotatable bonds is 4. The zero-order valence-corrected chi connectivity index (χ0v) is 8.72. The van der Waals surface area contributed by atoms with Crippen molar-refractivity contribution in [1.82, 2.24) is 4.57 Å². The van der Waals surface area contributed by atoms with E-state index in [9.17, 15) is 9.59 Å². The number of hydrogen-bond acceptors (Lipinski definition) is 2. The predicted molar refractivity (Wildman–Crippen MR) is 61.1 cm³/mol. The Kier molecular flexibility index (Phi) is 2.72. The molecule has 0 radical (unpaired) electrons. The molecule has 0 bridgehead atoms. The van der Waals surface area contributed by atoms with Crippen molar-refractivity contribution >= 4 is 23.1 Å². The van der Waals surface area contributed by atoms with Crippen LogP contribution >= 0.6 is 0 Å². The van der Waals surface area contributed by atoms with E-state index in [0.717, 1.165) is 17.2 Å². The molecule has 0 aliphatic heterocycles. The Labute approximate surface area is 92.7 Å². The second-order valence-electron chi connectivity index (χ2n) is 3.63. The second-order valence-corrected chi connectivity index (χ2v) is 3.63. The number of aldehydes is 1. The molecule has 4 heteroatoms. The normalized spacial score (nSPS) is 10.5. The lowest BCUT2D eigenvalue weighted by Crippen LogP contribution is -2.13. The number of amides is 1. The summed E-state index contributed by atoms with van der Waals surface area (Å²) in [6.07, 6.45) is 2.85. The first kappa shape index (κ1) is 10.4. The van der Waals surface area contributed by atoms with E-state index in [-0.39, 0.29) is 12.3 Å². The number of carbonyl (C=O) groups is 2. The lowest BCUT2D eigenvalue weighted by atomic mass is 10.2. The van der Waals surface area contributed by atoms with Gasteiger partial charge in [-0.15, -0.1) is 0 Å². The van der Waals surface area contributed by atoms with Crippen LogP contribution in [0.25, 0.3) is 10.9 Å². The monoisotopic (exact) mass is 216 g/mol. The van der Waals surface area contributed by atoms with Gasteiger partial charge in [-0.2, -0.15) is 0 Å². The molecule has 1 aromatic carbocycles. The molecule has 82 valence electrons. The van der Waals surface area contributed by atoms with Gasteiger partial charge in [-0.1, -0.05) is 18.2 Å². The van der Waals surface area contributed by atoms with E-state index in [2.05, 4.69) is 0 Å². The first-order valence-electron chi connectivity index (χ1n) is 5.03. The molecule has 0 saturated carbocycles. The first-order chi connectivity index (χ1) is 7.72. The van der Waals surface area contributed by atoms with Crippen molar-refractivity contribution < 1.29 is 9.59 Å². The Bertz CT molecular complexity index is 543. The maximum absolute atomic E-state index is 10.9.